The fraction of sp³-hybridized carbons (Fsp3) is 0.353. The molecule has 1 unspecified atom stereocenters. The van der Waals surface area contributed by atoms with Crippen LogP contribution in [-0.4, -0.2) is 4.98 Å². The van der Waals surface area contributed by atoms with E-state index >= 15 is 0 Å². The molecule has 0 fully saturated rings. The number of aromatic amines is 1. The van der Waals surface area contributed by atoms with Crippen LogP contribution in [0.25, 0.3) is 0 Å². The SMILES string of the molecule is CCc1cc(Br)ccc1NC1CCCc2[nH]c(=O)ccc21. The molecule has 1 aromatic heterocycles. The molecule has 0 aliphatic heterocycles. The van der Waals surface area contributed by atoms with Crippen LogP contribution in [0.3, 0.4) is 0 Å². The lowest BCUT2D eigenvalue weighted by Crippen LogP contribution is -2.22. The second-order valence-electron chi connectivity index (χ2n) is 5.50. The quantitative estimate of drug-likeness (QED) is 0.875. The highest BCUT2D eigenvalue weighted by atomic mass is 79.9. The summed E-state index contributed by atoms with van der Waals surface area (Å²) in [5.74, 6) is 0. The van der Waals surface area contributed by atoms with Gasteiger partial charge in [0.15, 0.2) is 0 Å². The molecule has 4 heteroatoms. The monoisotopic (exact) mass is 346 g/mol. The number of aryl methyl sites for hydroxylation is 2. The van der Waals surface area contributed by atoms with E-state index in [-0.39, 0.29) is 11.6 Å². The van der Waals surface area contributed by atoms with Crippen molar-refractivity contribution in [1.82, 2.24) is 4.98 Å². The van der Waals surface area contributed by atoms with Gasteiger partial charge in [0.1, 0.15) is 0 Å². The fourth-order valence-electron chi connectivity index (χ4n) is 3.03. The van der Waals surface area contributed by atoms with Crippen molar-refractivity contribution in [3.05, 3.63) is 62.0 Å². The van der Waals surface area contributed by atoms with Crippen molar-refractivity contribution in [1.29, 1.82) is 0 Å². The van der Waals surface area contributed by atoms with Crippen molar-refractivity contribution in [2.75, 3.05) is 5.32 Å². The molecular weight excluding hydrogens is 328 g/mol. The average molecular weight is 347 g/mol. The number of halogens is 1. The van der Waals surface area contributed by atoms with Crippen molar-refractivity contribution in [3.63, 3.8) is 0 Å². The Balaban J connectivity index is 1.92. The molecule has 0 amide bonds. The highest BCUT2D eigenvalue weighted by Crippen LogP contribution is 2.32. The summed E-state index contributed by atoms with van der Waals surface area (Å²) in [7, 11) is 0. The molecule has 110 valence electrons. The van der Waals surface area contributed by atoms with Gasteiger partial charge in [-0.05, 0) is 61.1 Å². The first kappa shape index (κ1) is 14.4. The molecule has 0 spiro atoms. The minimum absolute atomic E-state index is 0.00714. The van der Waals surface area contributed by atoms with Crippen molar-refractivity contribution in [2.24, 2.45) is 0 Å². The van der Waals surface area contributed by atoms with Crippen LogP contribution in [0.1, 0.15) is 42.6 Å². The number of aromatic nitrogens is 1. The molecule has 3 nitrogen and oxygen atoms in total. The fourth-order valence-corrected chi connectivity index (χ4v) is 3.44. The number of rotatable bonds is 3. The lowest BCUT2D eigenvalue weighted by atomic mass is 9.91. The van der Waals surface area contributed by atoms with Crippen molar-refractivity contribution in [2.45, 2.75) is 38.6 Å². The molecule has 0 saturated heterocycles. The zero-order valence-electron chi connectivity index (χ0n) is 12.1. The molecule has 2 N–H and O–H groups in total. The Morgan fingerprint density at radius 1 is 1.33 bits per heavy atom. The lowest BCUT2D eigenvalue weighted by Gasteiger charge is -2.27. The van der Waals surface area contributed by atoms with Gasteiger partial charge in [-0.15, -0.1) is 0 Å². The number of hydrogen-bond acceptors (Lipinski definition) is 2. The third-order valence-electron chi connectivity index (χ3n) is 4.11. The van der Waals surface area contributed by atoms with Crippen LogP contribution in [0.15, 0.2) is 39.6 Å². The maximum atomic E-state index is 11.5. The van der Waals surface area contributed by atoms with Gasteiger partial charge in [-0.2, -0.15) is 0 Å². The third kappa shape index (κ3) is 3.05. The largest absolute Gasteiger partial charge is 0.378 e. The summed E-state index contributed by atoms with van der Waals surface area (Å²) < 4.78 is 1.11. The summed E-state index contributed by atoms with van der Waals surface area (Å²) in [6.45, 7) is 2.17. The molecule has 21 heavy (non-hydrogen) atoms. The van der Waals surface area contributed by atoms with Crippen LogP contribution in [0.2, 0.25) is 0 Å². The number of anilines is 1. The van der Waals surface area contributed by atoms with Crippen LogP contribution < -0.4 is 10.9 Å². The number of benzene rings is 1. The second-order valence-corrected chi connectivity index (χ2v) is 6.42. The summed E-state index contributed by atoms with van der Waals surface area (Å²) in [5, 5.41) is 3.66. The van der Waals surface area contributed by atoms with Gasteiger partial charge in [0.25, 0.3) is 0 Å². The minimum atomic E-state index is -0.00714. The molecule has 1 atom stereocenters. The van der Waals surface area contributed by atoms with Gasteiger partial charge in [-0.1, -0.05) is 22.9 Å². The number of pyridine rings is 1. The number of H-pyrrole nitrogens is 1. The first-order valence-electron chi connectivity index (χ1n) is 7.44. The zero-order valence-corrected chi connectivity index (χ0v) is 13.7. The first-order valence-corrected chi connectivity index (χ1v) is 8.23. The molecular formula is C17H19BrN2O. The lowest BCUT2D eigenvalue weighted by molar-refractivity contribution is 0.586. The zero-order chi connectivity index (χ0) is 14.8. The molecule has 0 saturated carbocycles. The predicted molar refractivity (Wildman–Crippen MR) is 89.9 cm³/mol. The Hall–Kier alpha value is -1.55. The average Bonchev–Trinajstić information content (AvgIpc) is 2.49. The Morgan fingerprint density at radius 3 is 3.00 bits per heavy atom. The van der Waals surface area contributed by atoms with Crippen LogP contribution in [-0.2, 0) is 12.8 Å². The normalized spacial score (nSPS) is 17.3. The highest BCUT2D eigenvalue weighted by Gasteiger charge is 2.21. The molecule has 1 aliphatic carbocycles. The van der Waals surface area contributed by atoms with E-state index in [1.54, 1.807) is 6.07 Å². The summed E-state index contributed by atoms with van der Waals surface area (Å²) in [6.07, 6.45) is 4.15. The standard InChI is InChI=1S/C17H19BrN2O/c1-2-11-10-12(18)6-8-14(11)19-15-4-3-5-16-13(15)7-9-17(21)20-16/h6-10,15,19H,2-5H2,1H3,(H,20,21). The maximum Gasteiger partial charge on any atom is 0.248 e. The van der Waals surface area contributed by atoms with E-state index in [0.29, 0.717) is 0 Å². The van der Waals surface area contributed by atoms with E-state index in [1.807, 2.05) is 6.07 Å². The van der Waals surface area contributed by atoms with E-state index in [2.05, 4.69) is 51.4 Å². The highest BCUT2D eigenvalue weighted by molar-refractivity contribution is 9.10. The predicted octanol–water partition coefficient (Wildman–Crippen LogP) is 4.19. The van der Waals surface area contributed by atoms with Gasteiger partial charge in [0.05, 0.1) is 6.04 Å². The number of fused-ring (bicyclic) bond motifs is 1. The van der Waals surface area contributed by atoms with E-state index in [9.17, 15) is 4.79 Å². The van der Waals surface area contributed by atoms with Crippen LogP contribution in [0.4, 0.5) is 5.69 Å². The van der Waals surface area contributed by atoms with E-state index in [4.69, 9.17) is 0 Å². The summed E-state index contributed by atoms with van der Waals surface area (Å²) >= 11 is 3.53. The van der Waals surface area contributed by atoms with Crippen molar-refractivity contribution in [3.8, 4) is 0 Å². The molecule has 2 aromatic rings. The summed E-state index contributed by atoms with van der Waals surface area (Å²) in [5.41, 5.74) is 4.80. The second kappa shape index (κ2) is 6.06. The first-order chi connectivity index (χ1) is 10.2. The Bertz CT molecular complexity index is 708. The van der Waals surface area contributed by atoms with Gasteiger partial charge in [0.2, 0.25) is 5.56 Å². The van der Waals surface area contributed by atoms with Gasteiger partial charge in [-0.3, -0.25) is 4.79 Å². The van der Waals surface area contributed by atoms with Crippen LogP contribution in [0.5, 0.6) is 0 Å². The van der Waals surface area contributed by atoms with Gasteiger partial charge < -0.3 is 10.3 Å². The van der Waals surface area contributed by atoms with Gasteiger partial charge in [0, 0.05) is 21.9 Å². The number of nitrogens with one attached hydrogen (secondary N) is 2. The van der Waals surface area contributed by atoms with Crippen LogP contribution >= 0.6 is 15.9 Å². The Morgan fingerprint density at radius 2 is 2.19 bits per heavy atom. The molecule has 0 radical (unpaired) electrons. The molecule has 1 aromatic carbocycles. The van der Waals surface area contributed by atoms with Crippen molar-refractivity contribution >= 4 is 21.6 Å². The van der Waals surface area contributed by atoms with E-state index in [0.717, 1.165) is 35.8 Å². The minimum Gasteiger partial charge on any atom is -0.378 e. The summed E-state index contributed by atoms with van der Waals surface area (Å²) in [4.78, 5) is 14.4. The summed E-state index contributed by atoms with van der Waals surface area (Å²) in [6, 6.07) is 10.2. The van der Waals surface area contributed by atoms with Crippen molar-refractivity contribution < 1.29 is 0 Å². The molecule has 1 aliphatic rings. The molecule has 0 bridgehead atoms. The Kier molecular flexibility index (Phi) is 4.15. The van der Waals surface area contributed by atoms with Crippen LogP contribution in [0, 0.1) is 0 Å². The number of hydrogen-bond donors (Lipinski definition) is 2. The topological polar surface area (TPSA) is 44.9 Å². The smallest absolute Gasteiger partial charge is 0.248 e. The van der Waals surface area contributed by atoms with E-state index < -0.39 is 0 Å². The van der Waals surface area contributed by atoms with Gasteiger partial charge in [-0.25, -0.2) is 0 Å². The Labute approximate surface area is 132 Å². The maximum absolute atomic E-state index is 11.5. The molecule has 3 rings (SSSR count). The van der Waals surface area contributed by atoms with E-state index in [1.165, 1.54) is 16.8 Å². The molecule has 1 heterocycles. The van der Waals surface area contributed by atoms with Gasteiger partial charge >= 0.3 is 0 Å². The third-order valence-corrected chi connectivity index (χ3v) is 4.60.